The van der Waals surface area contributed by atoms with Gasteiger partial charge in [-0.2, -0.15) is 0 Å². The molecule has 8 heteroatoms. The van der Waals surface area contributed by atoms with E-state index in [1.165, 1.54) is 0 Å². The van der Waals surface area contributed by atoms with Gasteiger partial charge in [0.1, 0.15) is 12.2 Å². The monoisotopic (exact) mass is 430 g/mol. The summed E-state index contributed by atoms with van der Waals surface area (Å²) in [7, 11) is 0. The second-order valence-corrected chi connectivity index (χ2v) is 8.33. The molecule has 0 saturated heterocycles. The second-order valence-electron chi connectivity index (χ2n) is 7.49. The van der Waals surface area contributed by atoms with Crippen molar-refractivity contribution in [2.75, 3.05) is 0 Å². The number of esters is 1. The number of cyclic esters (lactones) is 1. The topological polar surface area (TPSA) is 81.4 Å². The third-order valence-corrected chi connectivity index (χ3v) is 6.33. The molecule has 0 spiro atoms. The van der Waals surface area contributed by atoms with Gasteiger partial charge in [0.25, 0.3) is 5.56 Å². The molecular formula is C21H16Cl2N2O4. The van der Waals surface area contributed by atoms with Crippen LogP contribution in [0.3, 0.4) is 0 Å². The highest BCUT2D eigenvalue weighted by Crippen LogP contribution is 2.39. The number of carbonyl (C=O) groups excluding carboxylic acids is 1. The molecule has 0 fully saturated rings. The molecule has 1 aromatic carbocycles. The standard InChI is InChI=1S/C21H16Cl2N2O4/c1-2-21(28)7-18(26)29-9-13-14(21)6-17-19-10(8-25(17)20(13)27)3-12-15(23)4-11(22)5-16(12)24-19/h3-6,28H,2,7-9H2,1H3. The average Bonchev–Trinajstić information content (AvgIpc) is 2.97. The largest absolute Gasteiger partial charge is 0.460 e. The first-order valence-electron chi connectivity index (χ1n) is 9.25. The Morgan fingerprint density at radius 1 is 1.24 bits per heavy atom. The number of pyridine rings is 2. The van der Waals surface area contributed by atoms with Crippen molar-refractivity contribution in [1.29, 1.82) is 0 Å². The first-order valence-corrected chi connectivity index (χ1v) is 10.0. The van der Waals surface area contributed by atoms with Gasteiger partial charge in [-0.25, -0.2) is 4.98 Å². The van der Waals surface area contributed by atoms with E-state index in [9.17, 15) is 14.7 Å². The summed E-state index contributed by atoms with van der Waals surface area (Å²) in [5, 5.41) is 12.9. The molecule has 1 N–H and O–H groups in total. The zero-order valence-corrected chi connectivity index (χ0v) is 17.0. The number of nitrogens with zero attached hydrogens (tertiary/aromatic N) is 2. The van der Waals surface area contributed by atoms with Crippen LogP contribution in [0.25, 0.3) is 22.3 Å². The fourth-order valence-corrected chi connectivity index (χ4v) is 4.74. The maximum Gasteiger partial charge on any atom is 0.309 e. The molecule has 4 heterocycles. The normalized spacial score (nSPS) is 20.1. The SMILES string of the molecule is CCC1(O)CC(=O)OCc2c1cc1n(c2=O)Cc2cc3c(Cl)cc(Cl)cc3nc2-1. The van der Waals surface area contributed by atoms with Crippen LogP contribution in [0.1, 0.15) is 36.5 Å². The van der Waals surface area contributed by atoms with Crippen LogP contribution < -0.4 is 5.56 Å². The van der Waals surface area contributed by atoms with Crippen molar-refractivity contribution in [3.8, 4) is 11.4 Å². The summed E-state index contributed by atoms with van der Waals surface area (Å²) in [6, 6.07) is 7.06. The average molecular weight is 431 g/mol. The predicted molar refractivity (Wildman–Crippen MR) is 109 cm³/mol. The van der Waals surface area contributed by atoms with Gasteiger partial charge in [-0.3, -0.25) is 9.59 Å². The molecule has 1 unspecified atom stereocenters. The number of halogens is 2. The first kappa shape index (κ1) is 18.6. The smallest absolute Gasteiger partial charge is 0.309 e. The van der Waals surface area contributed by atoms with Crippen LogP contribution in [-0.4, -0.2) is 20.6 Å². The lowest BCUT2D eigenvalue weighted by molar-refractivity contribution is -0.149. The van der Waals surface area contributed by atoms with E-state index in [1.54, 1.807) is 29.7 Å². The molecule has 0 bridgehead atoms. The molecule has 148 valence electrons. The van der Waals surface area contributed by atoms with Crippen molar-refractivity contribution in [3.05, 3.63) is 61.4 Å². The number of fused-ring (bicyclic) bond motifs is 5. The number of hydrogen-bond donors (Lipinski definition) is 1. The number of ether oxygens (including phenoxy) is 1. The Hall–Kier alpha value is -2.41. The highest BCUT2D eigenvalue weighted by molar-refractivity contribution is 6.38. The Morgan fingerprint density at radius 2 is 2.03 bits per heavy atom. The maximum absolute atomic E-state index is 13.2. The van der Waals surface area contributed by atoms with Crippen LogP contribution in [0.15, 0.2) is 29.1 Å². The zero-order valence-electron chi connectivity index (χ0n) is 15.5. The van der Waals surface area contributed by atoms with Gasteiger partial charge in [0, 0.05) is 16.0 Å². The molecule has 6 nitrogen and oxygen atoms in total. The number of aromatic nitrogens is 2. The number of aliphatic hydroxyl groups is 1. The third-order valence-electron chi connectivity index (χ3n) is 5.80. The van der Waals surface area contributed by atoms with Crippen molar-refractivity contribution in [1.82, 2.24) is 9.55 Å². The van der Waals surface area contributed by atoms with Crippen LogP contribution in [0.5, 0.6) is 0 Å². The van der Waals surface area contributed by atoms with Crippen LogP contribution in [0.2, 0.25) is 10.0 Å². The number of carbonyl (C=O) groups is 1. The van der Waals surface area contributed by atoms with E-state index in [4.69, 9.17) is 32.9 Å². The van der Waals surface area contributed by atoms with Gasteiger partial charge >= 0.3 is 5.97 Å². The van der Waals surface area contributed by atoms with Crippen LogP contribution >= 0.6 is 23.2 Å². The summed E-state index contributed by atoms with van der Waals surface area (Å²) in [6.07, 6.45) is 0.0871. The molecule has 0 saturated carbocycles. The summed E-state index contributed by atoms with van der Waals surface area (Å²) < 4.78 is 6.77. The van der Waals surface area contributed by atoms with Crippen molar-refractivity contribution in [2.24, 2.45) is 0 Å². The number of hydrogen-bond acceptors (Lipinski definition) is 5. The Balaban J connectivity index is 1.79. The molecule has 29 heavy (non-hydrogen) atoms. The Labute approximate surface area is 175 Å². The summed E-state index contributed by atoms with van der Waals surface area (Å²) in [5.41, 5.74) is 1.73. The van der Waals surface area contributed by atoms with E-state index in [0.29, 0.717) is 44.6 Å². The minimum atomic E-state index is -1.45. The molecule has 0 radical (unpaired) electrons. The second kappa shape index (κ2) is 6.29. The highest BCUT2D eigenvalue weighted by Gasteiger charge is 2.39. The first-order chi connectivity index (χ1) is 13.8. The van der Waals surface area contributed by atoms with Gasteiger partial charge in [0.15, 0.2) is 0 Å². The van der Waals surface area contributed by atoms with Crippen molar-refractivity contribution < 1.29 is 14.6 Å². The van der Waals surface area contributed by atoms with Gasteiger partial charge < -0.3 is 14.4 Å². The highest BCUT2D eigenvalue weighted by atomic mass is 35.5. The van der Waals surface area contributed by atoms with E-state index in [-0.39, 0.29) is 25.0 Å². The predicted octanol–water partition coefficient (Wildman–Crippen LogP) is 3.78. The third kappa shape index (κ3) is 2.70. The zero-order chi connectivity index (χ0) is 20.5. The lowest BCUT2D eigenvalue weighted by atomic mass is 9.85. The van der Waals surface area contributed by atoms with Crippen molar-refractivity contribution >= 4 is 40.1 Å². The molecule has 0 amide bonds. The van der Waals surface area contributed by atoms with Gasteiger partial charge in [0.2, 0.25) is 0 Å². The van der Waals surface area contributed by atoms with E-state index in [2.05, 4.69) is 0 Å². The Morgan fingerprint density at radius 3 is 2.79 bits per heavy atom. The lowest BCUT2D eigenvalue weighted by Gasteiger charge is -2.26. The minimum absolute atomic E-state index is 0.150. The van der Waals surface area contributed by atoms with Crippen molar-refractivity contribution in [3.63, 3.8) is 0 Å². The Bertz CT molecular complexity index is 1280. The summed E-state index contributed by atoms with van der Waals surface area (Å²) >= 11 is 12.4. The van der Waals surface area contributed by atoms with E-state index < -0.39 is 11.6 Å². The van der Waals surface area contributed by atoms with E-state index >= 15 is 0 Å². The summed E-state index contributed by atoms with van der Waals surface area (Å²) in [5.74, 6) is -0.524. The fraction of sp³-hybridized carbons (Fsp3) is 0.286. The van der Waals surface area contributed by atoms with Crippen molar-refractivity contribution in [2.45, 2.75) is 38.5 Å². The Kier molecular flexibility index (Phi) is 4.04. The van der Waals surface area contributed by atoms with Gasteiger partial charge in [-0.1, -0.05) is 30.1 Å². The van der Waals surface area contributed by atoms with Gasteiger partial charge in [-0.15, -0.1) is 0 Å². The molecule has 5 rings (SSSR count). The molecule has 3 aromatic rings. The summed E-state index contributed by atoms with van der Waals surface area (Å²) in [6.45, 7) is 1.96. The number of benzene rings is 1. The number of rotatable bonds is 1. The van der Waals surface area contributed by atoms with E-state index in [0.717, 1.165) is 10.9 Å². The minimum Gasteiger partial charge on any atom is -0.460 e. The van der Waals surface area contributed by atoms with Crippen LogP contribution in [0.4, 0.5) is 0 Å². The maximum atomic E-state index is 13.2. The molecular weight excluding hydrogens is 415 g/mol. The molecule has 1 atom stereocenters. The summed E-state index contributed by atoms with van der Waals surface area (Å²) in [4.78, 5) is 29.9. The van der Waals surface area contributed by atoms with Crippen LogP contribution in [-0.2, 0) is 28.3 Å². The molecule has 2 aliphatic rings. The van der Waals surface area contributed by atoms with E-state index in [1.807, 2.05) is 6.07 Å². The van der Waals surface area contributed by atoms with Crippen LogP contribution in [0, 0.1) is 0 Å². The quantitative estimate of drug-likeness (QED) is 0.464. The molecule has 0 aliphatic carbocycles. The fourth-order valence-electron chi connectivity index (χ4n) is 4.20. The molecule has 2 aromatic heterocycles. The van der Waals surface area contributed by atoms with Gasteiger partial charge in [0.05, 0.1) is 40.5 Å². The lowest BCUT2D eigenvalue weighted by Crippen LogP contribution is -2.32. The molecule has 2 aliphatic heterocycles. The van der Waals surface area contributed by atoms with Gasteiger partial charge in [-0.05, 0) is 36.2 Å².